The average molecular weight is 316 g/mol. The molecule has 2 aromatic carbocycles. The summed E-state index contributed by atoms with van der Waals surface area (Å²) in [4.78, 5) is 0. The second-order valence-electron chi connectivity index (χ2n) is 4.57. The third-order valence-corrected chi connectivity index (χ3v) is 3.67. The quantitative estimate of drug-likeness (QED) is 0.848. The van der Waals surface area contributed by atoms with E-state index in [9.17, 15) is 18.3 Å². The molecule has 0 saturated heterocycles. The summed E-state index contributed by atoms with van der Waals surface area (Å²) in [6, 6.07) is 8.39. The van der Waals surface area contributed by atoms with E-state index in [2.05, 4.69) is 0 Å². The lowest BCUT2D eigenvalue weighted by molar-refractivity contribution is 0.141. The van der Waals surface area contributed by atoms with Crippen LogP contribution in [0.2, 0.25) is 5.02 Å². The predicted octanol–water partition coefficient (Wildman–Crippen LogP) is 3.53. The van der Waals surface area contributed by atoms with E-state index in [1.807, 2.05) is 0 Å². The van der Waals surface area contributed by atoms with Crippen molar-refractivity contribution in [1.29, 1.82) is 0 Å². The van der Waals surface area contributed by atoms with Crippen LogP contribution >= 0.6 is 11.6 Å². The van der Waals surface area contributed by atoms with Gasteiger partial charge < -0.3 is 10.8 Å². The minimum absolute atomic E-state index is 0.0384. The number of aliphatic hydroxyl groups excluding tert-OH is 1. The molecule has 0 heterocycles. The standard InChI is InChI=1S/C15H13ClF3NO/c16-11-4-2-1-3-8(11)10(7-20)15(21)9-5-6-12(17)14(19)13(9)18/h1-6,10,15,21H,7,20H2. The highest BCUT2D eigenvalue weighted by atomic mass is 35.5. The Hall–Kier alpha value is -1.56. The summed E-state index contributed by atoms with van der Waals surface area (Å²) in [5, 5.41) is 10.6. The zero-order valence-electron chi connectivity index (χ0n) is 10.9. The molecule has 0 aliphatic heterocycles. The second kappa shape index (κ2) is 6.47. The van der Waals surface area contributed by atoms with E-state index in [1.165, 1.54) is 0 Å². The molecule has 2 rings (SSSR count). The molecule has 2 aromatic rings. The van der Waals surface area contributed by atoms with Gasteiger partial charge in [-0.2, -0.15) is 0 Å². The first kappa shape index (κ1) is 15.8. The average Bonchev–Trinajstić information content (AvgIpc) is 2.47. The largest absolute Gasteiger partial charge is 0.388 e. The minimum Gasteiger partial charge on any atom is -0.388 e. The Balaban J connectivity index is 2.44. The number of aliphatic hydroxyl groups is 1. The first-order valence-electron chi connectivity index (χ1n) is 6.23. The molecule has 2 nitrogen and oxygen atoms in total. The summed E-state index contributed by atoms with van der Waals surface area (Å²) in [5.74, 6) is -5.10. The van der Waals surface area contributed by atoms with E-state index in [1.54, 1.807) is 24.3 Å². The van der Waals surface area contributed by atoms with Gasteiger partial charge in [0.15, 0.2) is 17.5 Å². The van der Waals surface area contributed by atoms with Gasteiger partial charge in [0, 0.05) is 23.0 Å². The van der Waals surface area contributed by atoms with Crippen molar-refractivity contribution in [3.8, 4) is 0 Å². The van der Waals surface area contributed by atoms with Crippen molar-refractivity contribution in [2.45, 2.75) is 12.0 Å². The van der Waals surface area contributed by atoms with Crippen molar-refractivity contribution in [1.82, 2.24) is 0 Å². The molecule has 0 fully saturated rings. The first-order valence-corrected chi connectivity index (χ1v) is 6.61. The van der Waals surface area contributed by atoms with Gasteiger partial charge in [0.25, 0.3) is 0 Å². The molecule has 0 aliphatic rings. The fourth-order valence-corrected chi connectivity index (χ4v) is 2.46. The molecule has 2 atom stereocenters. The number of nitrogens with two attached hydrogens (primary N) is 1. The second-order valence-corrected chi connectivity index (χ2v) is 4.98. The van der Waals surface area contributed by atoms with E-state index in [0.717, 1.165) is 12.1 Å². The highest BCUT2D eigenvalue weighted by Gasteiger charge is 2.27. The third kappa shape index (κ3) is 3.05. The zero-order valence-corrected chi connectivity index (χ0v) is 11.6. The van der Waals surface area contributed by atoms with E-state index in [4.69, 9.17) is 17.3 Å². The van der Waals surface area contributed by atoms with Crippen molar-refractivity contribution in [2.75, 3.05) is 6.54 Å². The van der Waals surface area contributed by atoms with Crippen LogP contribution in [-0.4, -0.2) is 11.7 Å². The van der Waals surface area contributed by atoms with Gasteiger partial charge in [-0.3, -0.25) is 0 Å². The van der Waals surface area contributed by atoms with Crippen LogP contribution in [0.4, 0.5) is 13.2 Å². The number of rotatable bonds is 4. The molecule has 0 radical (unpaired) electrons. The lowest BCUT2D eigenvalue weighted by atomic mass is 9.89. The molecule has 3 N–H and O–H groups in total. The summed E-state index contributed by atoms with van der Waals surface area (Å²) < 4.78 is 40.0. The number of halogens is 4. The van der Waals surface area contributed by atoms with Gasteiger partial charge in [0.05, 0.1) is 6.10 Å². The normalized spacial score (nSPS) is 14.0. The lowest BCUT2D eigenvalue weighted by Crippen LogP contribution is -2.21. The molecule has 0 spiro atoms. The first-order chi connectivity index (χ1) is 9.97. The minimum atomic E-state index is -1.62. The Morgan fingerprint density at radius 3 is 2.29 bits per heavy atom. The fraction of sp³-hybridized carbons (Fsp3) is 0.200. The number of benzene rings is 2. The van der Waals surface area contributed by atoms with E-state index >= 15 is 0 Å². The van der Waals surface area contributed by atoms with Gasteiger partial charge in [-0.1, -0.05) is 35.9 Å². The highest BCUT2D eigenvalue weighted by Crippen LogP contribution is 2.35. The smallest absolute Gasteiger partial charge is 0.194 e. The molecule has 112 valence electrons. The van der Waals surface area contributed by atoms with Gasteiger partial charge in [-0.25, -0.2) is 13.2 Å². The van der Waals surface area contributed by atoms with Crippen molar-refractivity contribution in [2.24, 2.45) is 5.73 Å². The Labute approximate surface area is 125 Å². The lowest BCUT2D eigenvalue weighted by Gasteiger charge is -2.23. The molecule has 0 bridgehead atoms. The molecular weight excluding hydrogens is 303 g/mol. The Bertz CT molecular complexity index is 651. The summed E-state index contributed by atoms with van der Waals surface area (Å²) in [6.45, 7) is -0.0384. The molecule has 6 heteroatoms. The molecular formula is C15H13ClF3NO. The van der Waals surface area contributed by atoms with Crippen LogP contribution in [0.3, 0.4) is 0 Å². The summed E-state index contributed by atoms with van der Waals surface area (Å²) in [5.41, 5.74) is 5.78. The van der Waals surface area contributed by atoms with Crippen LogP contribution in [0.5, 0.6) is 0 Å². The van der Waals surface area contributed by atoms with Crippen molar-refractivity contribution in [3.05, 3.63) is 70.0 Å². The topological polar surface area (TPSA) is 46.2 Å². The fourth-order valence-electron chi connectivity index (χ4n) is 2.19. The van der Waals surface area contributed by atoms with Gasteiger partial charge in [-0.15, -0.1) is 0 Å². The Morgan fingerprint density at radius 1 is 1.00 bits per heavy atom. The van der Waals surface area contributed by atoms with Crippen molar-refractivity contribution < 1.29 is 18.3 Å². The highest BCUT2D eigenvalue weighted by molar-refractivity contribution is 6.31. The van der Waals surface area contributed by atoms with Crippen LogP contribution in [0.1, 0.15) is 23.1 Å². The molecule has 0 saturated carbocycles. The van der Waals surface area contributed by atoms with Crippen LogP contribution in [0, 0.1) is 17.5 Å². The zero-order chi connectivity index (χ0) is 15.6. The SMILES string of the molecule is NCC(c1ccccc1Cl)C(O)c1ccc(F)c(F)c1F. The van der Waals surface area contributed by atoms with Gasteiger partial charge >= 0.3 is 0 Å². The summed E-state index contributed by atoms with van der Waals surface area (Å²) >= 11 is 6.03. The number of hydrogen-bond donors (Lipinski definition) is 2. The van der Waals surface area contributed by atoms with Crippen molar-refractivity contribution >= 4 is 11.6 Å². The number of hydrogen-bond acceptors (Lipinski definition) is 2. The van der Waals surface area contributed by atoms with Crippen molar-refractivity contribution in [3.63, 3.8) is 0 Å². The van der Waals surface area contributed by atoms with Crippen LogP contribution < -0.4 is 5.73 Å². The maximum atomic E-state index is 13.8. The van der Waals surface area contributed by atoms with Crippen LogP contribution in [0.15, 0.2) is 36.4 Å². The summed E-state index contributed by atoms with van der Waals surface area (Å²) in [7, 11) is 0. The van der Waals surface area contributed by atoms with Gasteiger partial charge in [0.1, 0.15) is 0 Å². The van der Waals surface area contributed by atoms with E-state index in [-0.39, 0.29) is 12.1 Å². The maximum Gasteiger partial charge on any atom is 0.194 e. The summed E-state index contributed by atoms with van der Waals surface area (Å²) in [6.07, 6.45) is -1.44. The monoisotopic (exact) mass is 315 g/mol. The molecule has 21 heavy (non-hydrogen) atoms. The molecule has 0 aliphatic carbocycles. The van der Waals surface area contributed by atoms with Gasteiger partial charge in [0.2, 0.25) is 0 Å². The van der Waals surface area contributed by atoms with E-state index in [0.29, 0.717) is 10.6 Å². The molecule has 0 aromatic heterocycles. The van der Waals surface area contributed by atoms with Crippen LogP contribution in [-0.2, 0) is 0 Å². The van der Waals surface area contributed by atoms with E-state index < -0.39 is 29.5 Å². The molecule has 2 unspecified atom stereocenters. The maximum absolute atomic E-state index is 13.8. The third-order valence-electron chi connectivity index (χ3n) is 3.32. The molecule has 0 amide bonds. The van der Waals surface area contributed by atoms with Gasteiger partial charge in [-0.05, 0) is 17.7 Å². The predicted molar refractivity (Wildman–Crippen MR) is 74.5 cm³/mol. The Kier molecular flexibility index (Phi) is 4.88. The Morgan fingerprint density at radius 2 is 1.67 bits per heavy atom. The van der Waals surface area contributed by atoms with Crippen LogP contribution in [0.25, 0.3) is 0 Å².